The topological polar surface area (TPSA) is 29.1 Å². The van der Waals surface area contributed by atoms with Gasteiger partial charge in [0.15, 0.2) is 0 Å². The molecule has 3 unspecified atom stereocenters. The summed E-state index contributed by atoms with van der Waals surface area (Å²) in [5.74, 6) is 0.823. The van der Waals surface area contributed by atoms with Crippen LogP contribution in [0.2, 0.25) is 0 Å². The number of carbonyl (C=O) groups excluding carboxylic acids is 1. The molecule has 1 amide bonds. The summed E-state index contributed by atoms with van der Waals surface area (Å²) in [4.78, 5) is 14.0. The van der Waals surface area contributed by atoms with E-state index in [9.17, 15) is 4.79 Å². The maximum Gasteiger partial charge on any atom is 0.261 e. The number of carbonyl (C=O) groups is 1. The third kappa shape index (κ3) is 2.04. The number of nitrogens with one attached hydrogen (secondary N) is 1. The van der Waals surface area contributed by atoms with Gasteiger partial charge in [-0.2, -0.15) is 0 Å². The third-order valence-corrected chi connectivity index (χ3v) is 6.72. The van der Waals surface area contributed by atoms with Crippen LogP contribution >= 0.6 is 24.0 Å². The summed E-state index contributed by atoms with van der Waals surface area (Å²) in [5, 5.41) is 5.22. The zero-order chi connectivity index (χ0) is 13.8. The quantitative estimate of drug-likeness (QED) is 0.794. The third-order valence-electron chi connectivity index (χ3n) is 5.35. The van der Waals surface area contributed by atoms with Crippen molar-refractivity contribution in [2.24, 2.45) is 16.7 Å². The van der Waals surface area contributed by atoms with Crippen LogP contribution in [0.1, 0.15) is 49.7 Å². The van der Waals surface area contributed by atoms with Crippen molar-refractivity contribution in [3.8, 4) is 0 Å². The van der Waals surface area contributed by atoms with Gasteiger partial charge in [0, 0.05) is 16.3 Å². The molecule has 2 saturated carbocycles. The Bertz CT molecular complexity index is 517. The standard InChI is InChI=1S/C15H21NOS2/c1-14(2)9-4-5-15(3,7-9)13(14)16-12(17)11-6-10(18)8-19-11/h6,8-9,13,18H,4-5,7H2,1-3H3,(H,16,17). The highest BCUT2D eigenvalue weighted by molar-refractivity contribution is 7.80. The van der Waals surface area contributed by atoms with Crippen LogP contribution in [0.5, 0.6) is 0 Å². The molecule has 0 saturated heterocycles. The van der Waals surface area contributed by atoms with E-state index in [0.717, 1.165) is 15.7 Å². The molecule has 2 bridgehead atoms. The molecule has 2 fully saturated rings. The van der Waals surface area contributed by atoms with Gasteiger partial charge < -0.3 is 5.32 Å². The highest BCUT2D eigenvalue weighted by atomic mass is 32.1. The van der Waals surface area contributed by atoms with Crippen LogP contribution in [0.3, 0.4) is 0 Å². The smallest absolute Gasteiger partial charge is 0.261 e. The maximum absolute atomic E-state index is 12.4. The monoisotopic (exact) mass is 295 g/mol. The summed E-state index contributed by atoms with van der Waals surface area (Å²) in [6.07, 6.45) is 3.82. The summed E-state index contributed by atoms with van der Waals surface area (Å²) in [6, 6.07) is 2.14. The van der Waals surface area contributed by atoms with Gasteiger partial charge in [-0.25, -0.2) is 0 Å². The van der Waals surface area contributed by atoms with Crippen molar-refractivity contribution in [3.63, 3.8) is 0 Å². The van der Waals surface area contributed by atoms with Gasteiger partial charge in [-0.3, -0.25) is 4.79 Å². The van der Waals surface area contributed by atoms with Crippen LogP contribution in [0.4, 0.5) is 0 Å². The van der Waals surface area contributed by atoms with E-state index >= 15 is 0 Å². The largest absolute Gasteiger partial charge is 0.348 e. The average molecular weight is 295 g/mol. The molecular formula is C15H21NOS2. The van der Waals surface area contributed by atoms with Crippen molar-refractivity contribution in [3.05, 3.63) is 16.3 Å². The van der Waals surface area contributed by atoms with Gasteiger partial charge in [0.2, 0.25) is 0 Å². The predicted octanol–water partition coefficient (Wildman–Crippen LogP) is 3.98. The minimum atomic E-state index is 0.0668. The van der Waals surface area contributed by atoms with Crippen molar-refractivity contribution in [1.82, 2.24) is 5.32 Å². The number of hydrogen-bond donors (Lipinski definition) is 2. The molecular weight excluding hydrogens is 274 g/mol. The van der Waals surface area contributed by atoms with E-state index in [-0.39, 0.29) is 22.8 Å². The summed E-state index contributed by atoms with van der Waals surface area (Å²) >= 11 is 5.74. The van der Waals surface area contributed by atoms with Crippen molar-refractivity contribution < 1.29 is 4.79 Å². The molecule has 0 spiro atoms. The molecule has 0 aliphatic heterocycles. The first-order valence-corrected chi connectivity index (χ1v) is 8.24. The number of amides is 1. The summed E-state index contributed by atoms with van der Waals surface area (Å²) in [5.41, 5.74) is 0.495. The SMILES string of the molecule is CC12CCC(C1)C(C)(C)C2NC(=O)c1cc(S)cs1. The predicted molar refractivity (Wildman–Crippen MR) is 82.1 cm³/mol. The van der Waals surface area contributed by atoms with Crippen molar-refractivity contribution >= 4 is 29.9 Å². The maximum atomic E-state index is 12.4. The molecule has 1 aromatic heterocycles. The minimum absolute atomic E-state index is 0.0668. The molecule has 4 heteroatoms. The Hall–Kier alpha value is -0.480. The van der Waals surface area contributed by atoms with E-state index in [4.69, 9.17) is 0 Å². The Morgan fingerprint density at radius 2 is 2.21 bits per heavy atom. The fourth-order valence-electron chi connectivity index (χ4n) is 4.31. The van der Waals surface area contributed by atoms with Crippen LogP contribution in [-0.2, 0) is 0 Å². The van der Waals surface area contributed by atoms with Crippen molar-refractivity contribution in [2.45, 2.75) is 51.0 Å². The zero-order valence-electron chi connectivity index (χ0n) is 11.7. The second-order valence-corrected chi connectivity index (χ2v) is 8.42. The van der Waals surface area contributed by atoms with Crippen molar-refractivity contribution in [1.29, 1.82) is 0 Å². The zero-order valence-corrected chi connectivity index (χ0v) is 13.4. The van der Waals surface area contributed by atoms with E-state index in [1.807, 2.05) is 11.4 Å². The fourth-order valence-corrected chi connectivity index (χ4v) is 5.36. The van der Waals surface area contributed by atoms with Crippen LogP contribution in [-0.4, -0.2) is 11.9 Å². The lowest BCUT2D eigenvalue weighted by atomic mass is 9.68. The van der Waals surface area contributed by atoms with Gasteiger partial charge in [0.05, 0.1) is 4.88 Å². The van der Waals surface area contributed by atoms with Crippen LogP contribution < -0.4 is 5.32 Å². The Morgan fingerprint density at radius 3 is 2.74 bits per heavy atom. The molecule has 1 aromatic rings. The summed E-state index contributed by atoms with van der Waals surface area (Å²) in [7, 11) is 0. The lowest BCUT2D eigenvalue weighted by Crippen LogP contribution is -2.52. The van der Waals surface area contributed by atoms with Crippen LogP contribution in [0, 0.1) is 16.7 Å². The molecule has 2 aliphatic carbocycles. The lowest BCUT2D eigenvalue weighted by molar-refractivity contribution is 0.0741. The van der Waals surface area contributed by atoms with Gasteiger partial charge >= 0.3 is 0 Å². The molecule has 104 valence electrons. The van der Waals surface area contributed by atoms with Gasteiger partial charge in [-0.05, 0) is 42.1 Å². The molecule has 2 nitrogen and oxygen atoms in total. The summed E-state index contributed by atoms with van der Waals surface area (Å²) < 4.78 is 0. The number of thiophene rings is 1. The first kappa shape index (κ1) is 13.5. The highest BCUT2D eigenvalue weighted by Gasteiger charge is 2.59. The summed E-state index contributed by atoms with van der Waals surface area (Å²) in [6.45, 7) is 6.96. The lowest BCUT2D eigenvalue weighted by Gasteiger charge is -2.43. The Kier molecular flexibility index (Phi) is 3.02. The van der Waals surface area contributed by atoms with E-state index in [0.29, 0.717) is 0 Å². The number of rotatable bonds is 2. The van der Waals surface area contributed by atoms with Crippen LogP contribution in [0.25, 0.3) is 0 Å². The second-order valence-electron chi connectivity index (χ2n) is 6.99. The molecule has 1 heterocycles. The molecule has 0 aromatic carbocycles. The fraction of sp³-hybridized carbons (Fsp3) is 0.667. The molecule has 3 atom stereocenters. The molecule has 3 rings (SSSR count). The van der Waals surface area contributed by atoms with Crippen LogP contribution in [0.15, 0.2) is 16.3 Å². The first-order valence-electron chi connectivity index (χ1n) is 6.91. The van der Waals surface area contributed by atoms with E-state index in [2.05, 4.69) is 38.7 Å². The number of fused-ring (bicyclic) bond motifs is 2. The number of thiol groups is 1. The van der Waals surface area contributed by atoms with E-state index in [1.54, 1.807) is 0 Å². The Labute approximate surface area is 124 Å². The molecule has 0 radical (unpaired) electrons. The van der Waals surface area contributed by atoms with Crippen molar-refractivity contribution in [2.75, 3.05) is 0 Å². The Morgan fingerprint density at radius 1 is 1.47 bits per heavy atom. The van der Waals surface area contributed by atoms with Gasteiger partial charge in [0.25, 0.3) is 5.91 Å². The highest BCUT2D eigenvalue weighted by Crippen LogP contribution is 2.62. The van der Waals surface area contributed by atoms with E-state index in [1.165, 1.54) is 30.6 Å². The molecule has 19 heavy (non-hydrogen) atoms. The molecule has 1 N–H and O–H groups in total. The normalized spacial score (nSPS) is 35.6. The minimum Gasteiger partial charge on any atom is -0.348 e. The Balaban J connectivity index is 1.81. The van der Waals surface area contributed by atoms with Gasteiger partial charge in [0.1, 0.15) is 0 Å². The van der Waals surface area contributed by atoms with E-state index < -0.39 is 0 Å². The second kappa shape index (κ2) is 4.26. The number of hydrogen-bond acceptors (Lipinski definition) is 3. The van der Waals surface area contributed by atoms with Gasteiger partial charge in [-0.15, -0.1) is 24.0 Å². The average Bonchev–Trinajstić information content (AvgIpc) is 2.96. The van der Waals surface area contributed by atoms with Gasteiger partial charge in [-0.1, -0.05) is 20.8 Å². The molecule has 2 aliphatic rings. The first-order chi connectivity index (χ1) is 8.83.